The maximum Gasteiger partial charge on any atom is 0.272 e. The number of aromatic amines is 1. The summed E-state index contributed by atoms with van der Waals surface area (Å²) in [6, 6.07) is 11.5. The van der Waals surface area contributed by atoms with Crippen LogP contribution in [0.4, 0.5) is 10.1 Å². The second kappa shape index (κ2) is 8.79. The molecule has 2 aliphatic rings. The average Bonchev–Trinajstić information content (AvgIpc) is 3.51. The van der Waals surface area contributed by atoms with Crippen LogP contribution in [0.1, 0.15) is 54.2 Å². The first-order valence-electron chi connectivity index (χ1n) is 12.2. The Labute approximate surface area is 201 Å². The number of fused-ring (bicyclic) bond motifs is 2. The summed E-state index contributed by atoms with van der Waals surface area (Å²) in [7, 11) is 0. The zero-order chi connectivity index (χ0) is 23.9. The number of nitrogens with one attached hydrogen (secondary N) is 2. The molecule has 6 rings (SSSR count). The quantitative estimate of drug-likeness (QED) is 0.472. The Morgan fingerprint density at radius 3 is 2.66 bits per heavy atom. The summed E-state index contributed by atoms with van der Waals surface area (Å²) < 4.78 is 15.4. The van der Waals surface area contributed by atoms with E-state index in [9.17, 15) is 14.0 Å². The van der Waals surface area contributed by atoms with Gasteiger partial charge in [-0.1, -0.05) is 18.2 Å². The number of rotatable bonds is 4. The van der Waals surface area contributed by atoms with Crippen molar-refractivity contribution < 1.29 is 9.18 Å². The van der Waals surface area contributed by atoms with Crippen molar-refractivity contribution in [1.29, 1.82) is 0 Å². The van der Waals surface area contributed by atoms with Crippen molar-refractivity contribution in [1.82, 2.24) is 24.9 Å². The molecular weight excluding hydrogens is 447 g/mol. The van der Waals surface area contributed by atoms with E-state index < -0.39 is 6.17 Å². The highest BCUT2D eigenvalue weighted by Gasteiger charge is 2.27. The van der Waals surface area contributed by atoms with E-state index >= 15 is 0 Å². The predicted octanol–water partition coefficient (Wildman–Crippen LogP) is 3.58. The molecule has 180 valence electrons. The smallest absolute Gasteiger partial charge is 0.272 e. The van der Waals surface area contributed by atoms with E-state index in [0.29, 0.717) is 36.2 Å². The van der Waals surface area contributed by atoms with Crippen molar-refractivity contribution >= 4 is 28.0 Å². The Kier molecular flexibility index (Phi) is 5.47. The molecule has 0 unspecified atom stereocenters. The van der Waals surface area contributed by atoms with Gasteiger partial charge in [-0.25, -0.2) is 14.5 Å². The minimum Gasteiger partial charge on any atom is -0.368 e. The summed E-state index contributed by atoms with van der Waals surface area (Å²) >= 11 is 0. The topological polar surface area (TPSA) is 95.4 Å². The molecule has 1 atom stereocenters. The second-order valence-corrected chi connectivity index (χ2v) is 9.59. The molecule has 1 saturated heterocycles. The van der Waals surface area contributed by atoms with Crippen LogP contribution >= 0.6 is 0 Å². The number of carbonyl (C=O) groups is 1. The molecule has 2 N–H and O–H groups in total. The first kappa shape index (κ1) is 21.8. The summed E-state index contributed by atoms with van der Waals surface area (Å²) in [5.41, 5.74) is 2.86. The molecule has 35 heavy (non-hydrogen) atoms. The van der Waals surface area contributed by atoms with Crippen LogP contribution < -0.4 is 15.8 Å². The zero-order valence-electron chi connectivity index (χ0n) is 19.3. The van der Waals surface area contributed by atoms with Crippen LogP contribution in [0, 0.1) is 0 Å². The molecule has 8 nitrogen and oxygen atoms in total. The maximum atomic E-state index is 13.6. The highest BCUT2D eigenvalue weighted by molar-refractivity contribution is 5.93. The fourth-order valence-corrected chi connectivity index (χ4v) is 5.50. The van der Waals surface area contributed by atoms with E-state index in [1.807, 2.05) is 47.5 Å². The van der Waals surface area contributed by atoms with Crippen LogP contribution in [0.5, 0.6) is 0 Å². The van der Waals surface area contributed by atoms with Crippen LogP contribution in [-0.2, 0) is 0 Å². The Morgan fingerprint density at radius 2 is 1.89 bits per heavy atom. The lowest BCUT2D eigenvalue weighted by molar-refractivity contribution is 0.0919. The van der Waals surface area contributed by atoms with Gasteiger partial charge in [0.2, 0.25) is 0 Å². The van der Waals surface area contributed by atoms with Crippen molar-refractivity contribution in [2.45, 2.75) is 50.2 Å². The van der Waals surface area contributed by atoms with Gasteiger partial charge in [0.1, 0.15) is 17.5 Å². The summed E-state index contributed by atoms with van der Waals surface area (Å²) in [6.45, 7) is 1.09. The summed E-state index contributed by atoms with van der Waals surface area (Å²) in [6.07, 6.45) is 6.63. The monoisotopic (exact) mass is 474 g/mol. The van der Waals surface area contributed by atoms with Gasteiger partial charge in [-0.15, -0.1) is 0 Å². The molecule has 3 aromatic heterocycles. The number of halogens is 1. The lowest BCUT2D eigenvalue weighted by Crippen LogP contribution is -2.38. The Hall–Kier alpha value is -3.75. The number of anilines is 1. The largest absolute Gasteiger partial charge is 0.368 e. The van der Waals surface area contributed by atoms with Crippen LogP contribution in [0.25, 0.3) is 16.4 Å². The highest BCUT2D eigenvalue weighted by atomic mass is 19.1. The fourth-order valence-electron chi connectivity index (χ4n) is 5.50. The van der Waals surface area contributed by atoms with Gasteiger partial charge in [0.25, 0.3) is 11.5 Å². The molecule has 1 aromatic carbocycles. The van der Waals surface area contributed by atoms with Gasteiger partial charge in [-0.3, -0.25) is 14.0 Å². The second-order valence-electron chi connectivity index (χ2n) is 9.59. The van der Waals surface area contributed by atoms with Crippen LogP contribution in [0.2, 0.25) is 0 Å². The van der Waals surface area contributed by atoms with Gasteiger partial charge in [0.05, 0.1) is 17.3 Å². The fraction of sp³-hybridized carbons (Fsp3) is 0.385. The molecule has 0 bridgehead atoms. The first-order valence-corrected chi connectivity index (χ1v) is 12.2. The molecule has 1 saturated carbocycles. The molecule has 0 radical (unpaired) electrons. The first-order chi connectivity index (χ1) is 17.1. The Bertz CT molecular complexity index is 1460. The van der Waals surface area contributed by atoms with Gasteiger partial charge in [0.15, 0.2) is 0 Å². The SMILES string of the molecule is O=C(NC1CCC(c2n[nH]c(=O)c3ccccc23)CC1)c1cnc2cc(N3CC[C@@H](F)C3)ccn12. The maximum absolute atomic E-state index is 13.6. The van der Waals surface area contributed by atoms with E-state index in [0.717, 1.165) is 42.5 Å². The zero-order valence-corrected chi connectivity index (χ0v) is 19.3. The molecule has 9 heteroatoms. The average molecular weight is 475 g/mol. The number of nitrogens with zero attached hydrogens (tertiary/aromatic N) is 4. The van der Waals surface area contributed by atoms with E-state index in [1.54, 1.807) is 10.6 Å². The number of hydrogen-bond acceptors (Lipinski definition) is 5. The number of alkyl halides is 1. The third kappa shape index (κ3) is 4.05. The number of imidazole rings is 1. The number of amides is 1. The molecule has 0 spiro atoms. The minimum atomic E-state index is -0.791. The van der Waals surface area contributed by atoms with Gasteiger partial charge in [-0.05, 0) is 44.2 Å². The molecule has 4 aromatic rings. The van der Waals surface area contributed by atoms with Crippen molar-refractivity contribution in [3.8, 4) is 0 Å². The standard InChI is InChI=1S/C26H27FN6O2/c27-17-9-11-32(15-17)19-10-12-33-22(14-28-23(33)13-19)26(35)29-18-7-5-16(6-8-18)24-20-3-1-2-4-21(20)25(34)31-30-24/h1-4,10,12-14,16-18H,5-9,11,15H2,(H,29,35)(H,31,34)/t16?,17-,18?/m1/s1. The minimum absolute atomic E-state index is 0.0729. The van der Waals surface area contributed by atoms with Crippen LogP contribution in [0.3, 0.4) is 0 Å². The van der Waals surface area contributed by atoms with Crippen LogP contribution in [-0.4, -0.2) is 50.8 Å². The van der Waals surface area contributed by atoms with Crippen molar-refractivity contribution in [3.05, 3.63) is 70.5 Å². The number of hydrogen-bond donors (Lipinski definition) is 2. The lowest BCUT2D eigenvalue weighted by atomic mass is 9.82. The van der Waals surface area contributed by atoms with Gasteiger partial charge < -0.3 is 10.2 Å². The summed E-state index contributed by atoms with van der Waals surface area (Å²) in [5, 5.41) is 11.7. The molecule has 1 amide bonds. The molecule has 4 heterocycles. The number of aromatic nitrogens is 4. The molecule has 1 aliphatic heterocycles. The summed E-state index contributed by atoms with van der Waals surface area (Å²) in [5.74, 6) is 0.0972. The number of H-pyrrole nitrogens is 1. The van der Waals surface area contributed by atoms with Crippen molar-refractivity contribution in [3.63, 3.8) is 0 Å². The van der Waals surface area contributed by atoms with E-state index in [4.69, 9.17) is 0 Å². The van der Waals surface area contributed by atoms with E-state index in [-0.39, 0.29) is 23.4 Å². The van der Waals surface area contributed by atoms with Crippen molar-refractivity contribution in [2.75, 3.05) is 18.0 Å². The summed E-state index contributed by atoms with van der Waals surface area (Å²) in [4.78, 5) is 31.6. The molecule has 2 fully saturated rings. The third-order valence-electron chi connectivity index (χ3n) is 7.40. The third-order valence-corrected chi connectivity index (χ3v) is 7.40. The van der Waals surface area contributed by atoms with Crippen molar-refractivity contribution in [2.24, 2.45) is 0 Å². The lowest BCUT2D eigenvalue weighted by Gasteiger charge is -2.29. The Balaban J connectivity index is 1.13. The van der Waals surface area contributed by atoms with Crippen LogP contribution in [0.15, 0.2) is 53.6 Å². The number of benzene rings is 1. The van der Waals surface area contributed by atoms with Gasteiger partial charge in [-0.2, -0.15) is 5.10 Å². The molecular formula is C26H27FN6O2. The molecule has 1 aliphatic carbocycles. The van der Waals surface area contributed by atoms with E-state index in [1.165, 1.54) is 0 Å². The van der Waals surface area contributed by atoms with Gasteiger partial charge in [0, 0.05) is 48.4 Å². The number of carbonyl (C=O) groups excluding carboxylic acids is 1. The number of pyridine rings is 1. The normalized spacial score (nSPS) is 22.7. The van der Waals surface area contributed by atoms with E-state index in [2.05, 4.69) is 20.5 Å². The highest BCUT2D eigenvalue weighted by Crippen LogP contribution is 2.34. The van der Waals surface area contributed by atoms with Gasteiger partial charge >= 0.3 is 0 Å². The Morgan fingerprint density at radius 1 is 1.09 bits per heavy atom. The predicted molar refractivity (Wildman–Crippen MR) is 132 cm³/mol.